The molecule has 1 aliphatic rings. The molecule has 32 heavy (non-hydrogen) atoms. The van der Waals surface area contributed by atoms with Crippen molar-refractivity contribution in [3.63, 3.8) is 0 Å². The average molecular weight is 467 g/mol. The zero-order chi connectivity index (χ0) is 22.0. The molecule has 164 valence electrons. The SMILES string of the molecule is Cc1nc(-c2ccc(C(=O)NCC3(c4nc(-c5ccccc5)cs4)CCOCC3)s2)no1. The third kappa shape index (κ3) is 4.23. The van der Waals surface area contributed by atoms with Crippen LogP contribution in [0.2, 0.25) is 0 Å². The number of benzene rings is 1. The highest BCUT2D eigenvalue weighted by Gasteiger charge is 2.38. The van der Waals surface area contributed by atoms with Crippen LogP contribution in [-0.4, -0.2) is 40.8 Å². The van der Waals surface area contributed by atoms with Crippen LogP contribution >= 0.6 is 22.7 Å². The van der Waals surface area contributed by atoms with Crippen molar-refractivity contribution in [2.24, 2.45) is 0 Å². The molecule has 4 aromatic rings. The Kier molecular flexibility index (Phi) is 5.86. The molecule has 1 aliphatic heterocycles. The molecule has 1 amide bonds. The maximum absolute atomic E-state index is 12.9. The number of aromatic nitrogens is 3. The predicted molar refractivity (Wildman–Crippen MR) is 124 cm³/mol. The van der Waals surface area contributed by atoms with E-state index in [1.165, 1.54) is 11.3 Å². The fraction of sp³-hybridized carbons (Fsp3) is 0.304. The van der Waals surface area contributed by atoms with Crippen LogP contribution < -0.4 is 5.32 Å². The number of rotatable bonds is 6. The van der Waals surface area contributed by atoms with E-state index >= 15 is 0 Å². The predicted octanol–water partition coefficient (Wildman–Crippen LogP) is 4.71. The van der Waals surface area contributed by atoms with Gasteiger partial charge in [-0.15, -0.1) is 22.7 Å². The topological polar surface area (TPSA) is 90.1 Å². The normalized spacial score (nSPS) is 15.5. The van der Waals surface area contributed by atoms with Gasteiger partial charge in [0.25, 0.3) is 5.91 Å². The van der Waals surface area contributed by atoms with E-state index in [0.29, 0.717) is 36.4 Å². The first-order valence-corrected chi connectivity index (χ1v) is 12.1. The van der Waals surface area contributed by atoms with E-state index in [0.717, 1.165) is 34.0 Å². The summed E-state index contributed by atoms with van der Waals surface area (Å²) >= 11 is 3.01. The van der Waals surface area contributed by atoms with Gasteiger partial charge in [0, 0.05) is 43.0 Å². The molecular formula is C23H22N4O3S2. The first-order valence-electron chi connectivity index (χ1n) is 10.4. The number of thiazole rings is 1. The fourth-order valence-corrected chi connectivity index (χ4v) is 5.74. The van der Waals surface area contributed by atoms with Crippen molar-refractivity contribution in [3.8, 4) is 22.0 Å². The fourth-order valence-electron chi connectivity index (χ4n) is 3.80. The Labute approximate surface area is 193 Å². The summed E-state index contributed by atoms with van der Waals surface area (Å²) in [5, 5.41) is 10.2. The summed E-state index contributed by atoms with van der Waals surface area (Å²) in [6.45, 7) is 3.59. The molecule has 1 saturated heterocycles. The molecule has 0 radical (unpaired) electrons. The lowest BCUT2D eigenvalue weighted by Gasteiger charge is -2.35. The Balaban J connectivity index is 1.33. The van der Waals surface area contributed by atoms with Crippen LogP contribution in [0.4, 0.5) is 0 Å². The standard InChI is InChI=1S/C23H22N4O3S2/c1-15-25-20(27-30-15)18-7-8-19(32-18)21(28)24-14-23(9-11-29-12-10-23)22-26-17(13-31-22)16-5-3-2-4-6-16/h2-8,13H,9-12,14H2,1H3,(H,24,28). The summed E-state index contributed by atoms with van der Waals surface area (Å²) in [7, 11) is 0. The van der Waals surface area contributed by atoms with Crippen LogP contribution in [-0.2, 0) is 10.2 Å². The van der Waals surface area contributed by atoms with Crippen LogP contribution in [0.25, 0.3) is 22.0 Å². The number of amides is 1. The molecule has 0 spiro atoms. The van der Waals surface area contributed by atoms with Gasteiger partial charge in [0.2, 0.25) is 11.7 Å². The Morgan fingerprint density at radius 3 is 2.69 bits per heavy atom. The highest BCUT2D eigenvalue weighted by Crippen LogP contribution is 2.38. The van der Waals surface area contributed by atoms with Crippen molar-refractivity contribution < 1.29 is 14.1 Å². The molecule has 1 fully saturated rings. The van der Waals surface area contributed by atoms with Gasteiger partial charge in [0.15, 0.2) is 0 Å². The number of carbonyl (C=O) groups is 1. The Bertz CT molecular complexity index is 1210. The third-order valence-electron chi connectivity index (χ3n) is 5.64. The lowest BCUT2D eigenvalue weighted by atomic mass is 9.80. The summed E-state index contributed by atoms with van der Waals surface area (Å²) in [6.07, 6.45) is 1.65. The molecule has 0 bridgehead atoms. The molecule has 4 heterocycles. The van der Waals surface area contributed by atoms with Gasteiger partial charge in [0.05, 0.1) is 15.4 Å². The number of nitrogens with zero attached hydrogens (tertiary/aromatic N) is 3. The maximum Gasteiger partial charge on any atom is 0.261 e. The molecule has 0 unspecified atom stereocenters. The van der Waals surface area contributed by atoms with Crippen molar-refractivity contribution in [2.75, 3.05) is 19.8 Å². The minimum absolute atomic E-state index is 0.104. The van der Waals surface area contributed by atoms with Gasteiger partial charge < -0.3 is 14.6 Å². The molecule has 0 atom stereocenters. The summed E-state index contributed by atoms with van der Waals surface area (Å²) in [5.41, 5.74) is 1.85. The molecule has 3 aromatic heterocycles. The van der Waals surface area contributed by atoms with E-state index in [-0.39, 0.29) is 11.3 Å². The zero-order valence-electron chi connectivity index (χ0n) is 17.5. The minimum Gasteiger partial charge on any atom is -0.381 e. The smallest absolute Gasteiger partial charge is 0.261 e. The summed E-state index contributed by atoms with van der Waals surface area (Å²) < 4.78 is 10.7. The highest BCUT2D eigenvalue weighted by molar-refractivity contribution is 7.17. The quantitative estimate of drug-likeness (QED) is 0.443. The lowest BCUT2D eigenvalue weighted by molar-refractivity contribution is 0.0487. The number of ether oxygens (including phenoxy) is 1. The van der Waals surface area contributed by atoms with Crippen LogP contribution in [0.15, 0.2) is 52.4 Å². The Hall–Kier alpha value is -2.88. The van der Waals surface area contributed by atoms with Gasteiger partial charge in [0.1, 0.15) is 5.01 Å². The molecule has 0 aliphatic carbocycles. The van der Waals surface area contributed by atoms with E-state index in [2.05, 4.69) is 33.0 Å². The van der Waals surface area contributed by atoms with Crippen LogP contribution in [0.1, 0.15) is 33.4 Å². The number of aryl methyl sites for hydroxylation is 1. The number of nitrogens with one attached hydrogen (secondary N) is 1. The summed E-state index contributed by atoms with van der Waals surface area (Å²) in [6, 6.07) is 13.8. The van der Waals surface area contributed by atoms with E-state index in [9.17, 15) is 4.79 Å². The molecule has 9 heteroatoms. The average Bonchev–Trinajstić information content (AvgIpc) is 3.59. The lowest BCUT2D eigenvalue weighted by Crippen LogP contribution is -2.44. The second-order valence-corrected chi connectivity index (χ2v) is 9.72. The van der Waals surface area contributed by atoms with Crippen LogP contribution in [0, 0.1) is 6.92 Å². The van der Waals surface area contributed by atoms with E-state index < -0.39 is 0 Å². The monoisotopic (exact) mass is 466 g/mol. The van der Waals surface area contributed by atoms with Crippen LogP contribution in [0.3, 0.4) is 0 Å². The van der Waals surface area contributed by atoms with Gasteiger partial charge in [-0.1, -0.05) is 35.5 Å². The molecular weight excluding hydrogens is 444 g/mol. The third-order valence-corrected chi connectivity index (χ3v) is 7.81. The molecule has 0 saturated carbocycles. The van der Waals surface area contributed by atoms with Gasteiger partial charge in [-0.25, -0.2) is 4.98 Å². The number of carbonyl (C=O) groups excluding carboxylic acids is 1. The largest absolute Gasteiger partial charge is 0.381 e. The van der Waals surface area contributed by atoms with Crippen molar-refractivity contribution >= 4 is 28.6 Å². The summed E-state index contributed by atoms with van der Waals surface area (Å²) in [5.74, 6) is 0.898. The van der Waals surface area contributed by atoms with Crippen molar-refractivity contribution in [3.05, 3.63) is 63.6 Å². The van der Waals surface area contributed by atoms with E-state index in [1.54, 1.807) is 24.3 Å². The maximum atomic E-state index is 12.9. The summed E-state index contributed by atoms with van der Waals surface area (Å²) in [4.78, 5) is 23.5. The second kappa shape index (κ2) is 8.93. The van der Waals surface area contributed by atoms with Gasteiger partial charge in [-0.3, -0.25) is 4.79 Å². The molecule has 7 nitrogen and oxygen atoms in total. The molecule has 5 rings (SSSR count). The van der Waals surface area contributed by atoms with Gasteiger partial charge in [-0.2, -0.15) is 4.98 Å². The van der Waals surface area contributed by atoms with E-state index in [1.807, 2.05) is 24.3 Å². The number of hydrogen-bond donors (Lipinski definition) is 1. The highest BCUT2D eigenvalue weighted by atomic mass is 32.1. The molecule has 1 aromatic carbocycles. The van der Waals surface area contributed by atoms with Crippen molar-refractivity contribution in [2.45, 2.75) is 25.2 Å². The first kappa shape index (κ1) is 21.0. The number of thiophene rings is 1. The Morgan fingerprint density at radius 1 is 1.12 bits per heavy atom. The molecule has 1 N–H and O–H groups in total. The van der Waals surface area contributed by atoms with Gasteiger partial charge in [-0.05, 0) is 25.0 Å². The van der Waals surface area contributed by atoms with Crippen molar-refractivity contribution in [1.82, 2.24) is 20.4 Å². The van der Waals surface area contributed by atoms with Crippen molar-refractivity contribution in [1.29, 1.82) is 0 Å². The second-order valence-electron chi connectivity index (χ2n) is 7.78. The first-order chi connectivity index (χ1) is 15.6. The zero-order valence-corrected chi connectivity index (χ0v) is 19.2. The minimum atomic E-state index is -0.226. The van der Waals surface area contributed by atoms with Crippen LogP contribution in [0.5, 0.6) is 0 Å². The van der Waals surface area contributed by atoms with Gasteiger partial charge >= 0.3 is 0 Å². The number of hydrogen-bond acceptors (Lipinski definition) is 8. The van der Waals surface area contributed by atoms with E-state index in [4.69, 9.17) is 14.2 Å². The Morgan fingerprint density at radius 2 is 1.94 bits per heavy atom.